The van der Waals surface area contributed by atoms with Gasteiger partial charge in [0.25, 0.3) is 0 Å². The van der Waals surface area contributed by atoms with Crippen LogP contribution in [0.1, 0.15) is 0 Å². The summed E-state index contributed by atoms with van der Waals surface area (Å²) in [6, 6.07) is 4.56. The van der Waals surface area contributed by atoms with E-state index in [1.165, 1.54) is 6.07 Å². The van der Waals surface area contributed by atoms with Crippen molar-refractivity contribution in [2.24, 2.45) is 0 Å². The molecule has 21 heavy (non-hydrogen) atoms. The molecule has 0 bridgehead atoms. The van der Waals surface area contributed by atoms with Crippen molar-refractivity contribution < 1.29 is 21.9 Å². The molecule has 2 aromatic rings. The van der Waals surface area contributed by atoms with E-state index in [-0.39, 0.29) is 9.75 Å². The number of halogens is 3. The van der Waals surface area contributed by atoms with Crippen molar-refractivity contribution in [2.45, 2.75) is 5.03 Å². The summed E-state index contributed by atoms with van der Waals surface area (Å²) in [6.07, 6.45) is 0.851. The Labute approximate surface area is 124 Å². The average Bonchev–Trinajstić information content (AvgIpc) is 2.40. The summed E-state index contributed by atoms with van der Waals surface area (Å²) in [5.41, 5.74) is -0.509. The molecule has 9 heteroatoms. The molecule has 0 atom stereocenters. The van der Waals surface area contributed by atoms with Gasteiger partial charge in [0.2, 0.25) is 0 Å². The zero-order valence-corrected chi connectivity index (χ0v) is 12.2. The molecule has 1 aromatic heterocycles. The van der Waals surface area contributed by atoms with Crippen LogP contribution >= 0.6 is 11.6 Å². The van der Waals surface area contributed by atoms with Crippen LogP contribution in [0.5, 0.6) is 0 Å². The maximum Gasteiger partial charge on any atom is 0.329 e. The molecule has 0 aliphatic heterocycles. The van der Waals surface area contributed by atoms with Gasteiger partial charge in [-0.15, -0.1) is 0 Å². The SMILES string of the molecule is CN(c1cc(F)ccc1F)S(=O)(=O)c1ccc(Cl)c[n+]1[O-]. The Balaban J connectivity index is 2.55. The first kappa shape index (κ1) is 15.5. The number of hydrogen-bond donors (Lipinski definition) is 0. The quantitative estimate of drug-likeness (QED) is 0.637. The normalized spacial score (nSPS) is 11.4. The molecular formula is C12H9ClF2N2O3S. The van der Waals surface area contributed by atoms with Gasteiger partial charge in [-0.3, -0.25) is 4.31 Å². The Hall–Kier alpha value is -1.93. The first-order valence-corrected chi connectivity index (χ1v) is 7.38. The van der Waals surface area contributed by atoms with E-state index in [9.17, 15) is 22.4 Å². The number of aromatic nitrogens is 1. The summed E-state index contributed by atoms with van der Waals surface area (Å²) in [4.78, 5) is 0. The predicted octanol–water partition coefficient (Wildman–Crippen LogP) is 2.08. The van der Waals surface area contributed by atoms with Crippen LogP contribution in [0.25, 0.3) is 0 Å². The lowest BCUT2D eigenvalue weighted by Gasteiger charge is -2.19. The van der Waals surface area contributed by atoms with Gasteiger partial charge in [0.15, 0.2) is 6.20 Å². The highest BCUT2D eigenvalue weighted by Crippen LogP contribution is 2.24. The Morgan fingerprint density at radius 3 is 2.52 bits per heavy atom. The van der Waals surface area contributed by atoms with Gasteiger partial charge in [-0.05, 0) is 18.2 Å². The molecular weight excluding hydrogens is 326 g/mol. The number of pyridine rings is 1. The highest BCUT2D eigenvalue weighted by molar-refractivity contribution is 7.92. The highest BCUT2D eigenvalue weighted by atomic mass is 35.5. The third kappa shape index (κ3) is 2.91. The Bertz CT molecular complexity index is 799. The van der Waals surface area contributed by atoms with Gasteiger partial charge < -0.3 is 5.21 Å². The minimum Gasteiger partial charge on any atom is -0.618 e. The minimum atomic E-state index is -4.36. The molecule has 0 spiro atoms. The van der Waals surface area contributed by atoms with Crippen molar-refractivity contribution in [3.8, 4) is 0 Å². The van der Waals surface area contributed by atoms with E-state index in [1.807, 2.05) is 0 Å². The summed E-state index contributed by atoms with van der Waals surface area (Å²) in [6.45, 7) is 0. The van der Waals surface area contributed by atoms with Crippen LogP contribution in [-0.4, -0.2) is 15.5 Å². The second-order valence-electron chi connectivity index (χ2n) is 4.08. The van der Waals surface area contributed by atoms with Crippen LogP contribution < -0.4 is 9.04 Å². The van der Waals surface area contributed by atoms with Crippen LogP contribution in [0.3, 0.4) is 0 Å². The molecule has 112 valence electrons. The molecule has 0 saturated carbocycles. The van der Waals surface area contributed by atoms with Crippen molar-refractivity contribution in [3.63, 3.8) is 0 Å². The number of sulfonamides is 1. The van der Waals surface area contributed by atoms with E-state index >= 15 is 0 Å². The van der Waals surface area contributed by atoms with Crippen molar-refractivity contribution in [3.05, 3.63) is 58.4 Å². The monoisotopic (exact) mass is 334 g/mol. The van der Waals surface area contributed by atoms with Crippen molar-refractivity contribution in [1.29, 1.82) is 0 Å². The minimum absolute atomic E-state index is 0.0449. The molecule has 0 fully saturated rings. The first-order valence-electron chi connectivity index (χ1n) is 5.56. The number of anilines is 1. The lowest BCUT2D eigenvalue weighted by molar-refractivity contribution is -0.646. The lowest BCUT2D eigenvalue weighted by Crippen LogP contribution is -2.39. The fourth-order valence-electron chi connectivity index (χ4n) is 1.64. The fourth-order valence-corrected chi connectivity index (χ4v) is 2.99. The van der Waals surface area contributed by atoms with Crippen LogP contribution in [0.4, 0.5) is 14.5 Å². The van der Waals surface area contributed by atoms with Crippen molar-refractivity contribution in [2.75, 3.05) is 11.4 Å². The first-order chi connectivity index (χ1) is 9.73. The van der Waals surface area contributed by atoms with E-state index in [4.69, 9.17) is 11.6 Å². The molecule has 0 saturated heterocycles. The molecule has 0 unspecified atom stereocenters. The second-order valence-corrected chi connectivity index (χ2v) is 6.43. The third-order valence-electron chi connectivity index (χ3n) is 2.72. The number of nitrogens with zero attached hydrogens (tertiary/aromatic N) is 2. The van der Waals surface area contributed by atoms with Gasteiger partial charge in [0, 0.05) is 19.2 Å². The lowest BCUT2D eigenvalue weighted by atomic mass is 10.3. The van der Waals surface area contributed by atoms with E-state index in [0.717, 1.165) is 37.5 Å². The topological polar surface area (TPSA) is 64.3 Å². The Morgan fingerprint density at radius 1 is 1.24 bits per heavy atom. The Morgan fingerprint density at radius 2 is 1.90 bits per heavy atom. The van der Waals surface area contributed by atoms with Crippen LogP contribution in [0, 0.1) is 16.8 Å². The Kier molecular flexibility index (Phi) is 4.02. The molecule has 0 amide bonds. The number of rotatable bonds is 3. The number of benzene rings is 1. The van der Waals surface area contributed by atoms with Crippen LogP contribution in [-0.2, 0) is 10.0 Å². The molecule has 0 aliphatic carbocycles. The van der Waals surface area contributed by atoms with Crippen LogP contribution in [0.2, 0.25) is 5.02 Å². The van der Waals surface area contributed by atoms with Gasteiger partial charge in [0.1, 0.15) is 16.7 Å². The summed E-state index contributed by atoms with van der Waals surface area (Å²) in [5, 5.41) is 11.0. The zero-order valence-electron chi connectivity index (χ0n) is 10.6. The molecule has 1 aromatic carbocycles. The smallest absolute Gasteiger partial charge is 0.329 e. The van der Waals surface area contributed by atoms with Gasteiger partial charge in [-0.1, -0.05) is 11.6 Å². The maximum atomic E-state index is 13.7. The van der Waals surface area contributed by atoms with Gasteiger partial charge in [-0.25, -0.2) is 8.78 Å². The van der Waals surface area contributed by atoms with Gasteiger partial charge in [-0.2, -0.15) is 13.1 Å². The largest absolute Gasteiger partial charge is 0.618 e. The molecule has 0 aliphatic rings. The predicted molar refractivity (Wildman–Crippen MR) is 72.4 cm³/mol. The van der Waals surface area contributed by atoms with E-state index < -0.39 is 32.4 Å². The van der Waals surface area contributed by atoms with Gasteiger partial charge >= 0.3 is 15.0 Å². The maximum absolute atomic E-state index is 13.7. The molecule has 1 heterocycles. The molecule has 2 rings (SSSR count). The number of hydrogen-bond acceptors (Lipinski definition) is 3. The summed E-state index contributed by atoms with van der Waals surface area (Å²) < 4.78 is 51.9. The third-order valence-corrected chi connectivity index (χ3v) is 4.70. The summed E-state index contributed by atoms with van der Waals surface area (Å²) in [7, 11) is -3.34. The van der Waals surface area contributed by atoms with E-state index in [1.54, 1.807) is 0 Å². The summed E-state index contributed by atoms with van der Waals surface area (Å²) in [5.74, 6) is -1.74. The van der Waals surface area contributed by atoms with E-state index in [0.29, 0.717) is 4.31 Å². The van der Waals surface area contributed by atoms with Crippen molar-refractivity contribution >= 4 is 27.3 Å². The summed E-state index contributed by atoms with van der Waals surface area (Å²) >= 11 is 5.57. The van der Waals surface area contributed by atoms with Crippen LogP contribution in [0.15, 0.2) is 41.6 Å². The second kappa shape index (κ2) is 5.45. The fraction of sp³-hybridized carbons (Fsp3) is 0.0833. The standard InChI is InChI=1S/C12H9ClF2N2O3S/c1-16(11-6-9(14)3-4-10(11)15)21(19,20)12-5-2-8(13)7-17(12)18/h2-7H,1H3. The van der Waals surface area contributed by atoms with E-state index in [2.05, 4.69) is 0 Å². The van der Waals surface area contributed by atoms with Gasteiger partial charge in [0.05, 0.1) is 5.69 Å². The molecule has 0 radical (unpaired) electrons. The average molecular weight is 335 g/mol. The highest BCUT2D eigenvalue weighted by Gasteiger charge is 2.31. The zero-order chi connectivity index (χ0) is 15.8. The van der Waals surface area contributed by atoms with Crippen molar-refractivity contribution in [1.82, 2.24) is 0 Å². The molecule has 0 N–H and O–H groups in total. The molecule has 5 nitrogen and oxygen atoms in total.